The zero-order valence-corrected chi connectivity index (χ0v) is 21.4. The van der Waals surface area contributed by atoms with E-state index in [4.69, 9.17) is 16.3 Å². The number of anilines is 2. The lowest BCUT2D eigenvalue weighted by Crippen LogP contribution is -2.29. The Balaban J connectivity index is 1.64. The topological polar surface area (TPSA) is 97.6 Å². The summed E-state index contributed by atoms with van der Waals surface area (Å²) in [5, 5.41) is 13.5. The Hall–Kier alpha value is -3.38. The zero-order chi connectivity index (χ0) is 26.7. The first-order chi connectivity index (χ1) is 17.5. The molecule has 2 aromatic carbocycles. The number of non-ortho nitro benzene ring substituents is 1. The van der Waals surface area contributed by atoms with E-state index in [2.05, 4.69) is 26.2 Å². The molecule has 8 nitrogen and oxygen atoms in total. The van der Waals surface area contributed by atoms with Crippen LogP contribution in [0.4, 0.5) is 30.2 Å². The van der Waals surface area contributed by atoms with Crippen LogP contribution >= 0.6 is 27.5 Å². The molecule has 2 heterocycles. The molecule has 0 atom stereocenters. The lowest BCUT2D eigenvalue weighted by Gasteiger charge is -2.30. The molecular weight excluding hydrogens is 581 g/mol. The summed E-state index contributed by atoms with van der Waals surface area (Å²) in [4.78, 5) is 29.2. The standard InChI is InChI=1S/C24H19BrClF3N4O4/c25-18-6-5-16(33(35)36)12-17(18)22(34)31-15-4-7-21(20(11-15)32-8-2-1-3-9-32)37-23-19(26)10-14(13-30-23)24(27,28)29/h4-7,10-13H,1-3,8-9H2,(H,31,34). The molecule has 0 spiro atoms. The molecule has 0 radical (unpaired) electrons. The Morgan fingerprint density at radius 3 is 2.51 bits per heavy atom. The van der Waals surface area contributed by atoms with Crippen molar-refractivity contribution in [1.29, 1.82) is 0 Å². The van der Waals surface area contributed by atoms with E-state index >= 15 is 0 Å². The summed E-state index contributed by atoms with van der Waals surface area (Å²) in [6.45, 7) is 1.41. The van der Waals surface area contributed by atoms with E-state index in [0.717, 1.165) is 25.3 Å². The number of ether oxygens (including phenoxy) is 1. The summed E-state index contributed by atoms with van der Waals surface area (Å²) in [5.41, 5.74) is -0.163. The van der Waals surface area contributed by atoms with Crippen molar-refractivity contribution in [3.05, 3.63) is 79.4 Å². The number of hydrogen-bond acceptors (Lipinski definition) is 6. The van der Waals surface area contributed by atoms with Gasteiger partial charge in [-0.15, -0.1) is 0 Å². The second-order valence-electron chi connectivity index (χ2n) is 8.22. The molecule has 0 bridgehead atoms. The SMILES string of the molecule is O=C(Nc1ccc(Oc2ncc(C(F)(F)F)cc2Cl)c(N2CCCCC2)c1)c1cc([N+](=O)[O-])ccc1Br. The summed E-state index contributed by atoms with van der Waals surface area (Å²) in [5.74, 6) is -0.461. The Labute approximate surface area is 222 Å². The molecule has 1 saturated heterocycles. The highest BCUT2D eigenvalue weighted by Crippen LogP contribution is 2.39. The van der Waals surface area contributed by atoms with Gasteiger partial charge in [-0.1, -0.05) is 11.6 Å². The van der Waals surface area contributed by atoms with Gasteiger partial charge >= 0.3 is 6.18 Å². The second kappa shape index (κ2) is 10.9. The molecule has 1 aliphatic rings. The fourth-order valence-electron chi connectivity index (χ4n) is 3.82. The second-order valence-corrected chi connectivity index (χ2v) is 9.48. The van der Waals surface area contributed by atoms with Gasteiger partial charge in [0.15, 0.2) is 5.75 Å². The monoisotopic (exact) mass is 598 g/mol. The number of nitrogens with zero attached hydrogens (tertiary/aromatic N) is 3. The van der Waals surface area contributed by atoms with Crippen molar-refractivity contribution in [1.82, 2.24) is 4.98 Å². The molecule has 1 aliphatic heterocycles. The van der Waals surface area contributed by atoms with E-state index in [1.54, 1.807) is 18.2 Å². The molecule has 37 heavy (non-hydrogen) atoms. The summed E-state index contributed by atoms with van der Waals surface area (Å²) >= 11 is 9.27. The van der Waals surface area contributed by atoms with Crippen LogP contribution in [-0.4, -0.2) is 28.9 Å². The van der Waals surface area contributed by atoms with Crippen molar-refractivity contribution in [2.24, 2.45) is 0 Å². The maximum atomic E-state index is 13.0. The zero-order valence-electron chi connectivity index (χ0n) is 19.0. The molecular formula is C24H19BrClF3N4O4. The summed E-state index contributed by atoms with van der Waals surface area (Å²) < 4.78 is 45.1. The molecule has 1 fully saturated rings. The Bertz CT molecular complexity index is 1350. The Morgan fingerprint density at radius 2 is 1.86 bits per heavy atom. The smallest absolute Gasteiger partial charge is 0.417 e. The van der Waals surface area contributed by atoms with E-state index in [9.17, 15) is 28.1 Å². The molecule has 1 aromatic heterocycles. The van der Waals surface area contributed by atoms with E-state index in [0.29, 0.717) is 40.9 Å². The lowest BCUT2D eigenvalue weighted by molar-refractivity contribution is -0.384. The van der Waals surface area contributed by atoms with Crippen LogP contribution in [0.5, 0.6) is 11.6 Å². The van der Waals surface area contributed by atoms with Gasteiger partial charge in [0.25, 0.3) is 11.6 Å². The molecule has 0 unspecified atom stereocenters. The number of carbonyl (C=O) groups is 1. The van der Waals surface area contributed by atoms with Crippen LogP contribution in [0.15, 0.2) is 53.1 Å². The van der Waals surface area contributed by atoms with Crippen molar-refractivity contribution in [2.75, 3.05) is 23.3 Å². The summed E-state index contributed by atoms with van der Waals surface area (Å²) in [7, 11) is 0. The Morgan fingerprint density at radius 1 is 1.14 bits per heavy atom. The van der Waals surface area contributed by atoms with Gasteiger partial charge in [-0.2, -0.15) is 13.2 Å². The number of carbonyl (C=O) groups excluding carboxylic acids is 1. The van der Waals surface area contributed by atoms with Crippen molar-refractivity contribution in [2.45, 2.75) is 25.4 Å². The molecule has 0 aliphatic carbocycles. The summed E-state index contributed by atoms with van der Waals surface area (Å²) in [6.07, 6.45) is -1.04. The number of amides is 1. The highest BCUT2D eigenvalue weighted by molar-refractivity contribution is 9.10. The van der Waals surface area contributed by atoms with E-state index in [-0.39, 0.29) is 22.2 Å². The molecule has 13 heteroatoms. The molecule has 1 amide bonds. The maximum Gasteiger partial charge on any atom is 0.417 e. The van der Waals surface area contributed by atoms with Crippen molar-refractivity contribution < 1.29 is 27.6 Å². The molecule has 1 N–H and O–H groups in total. The van der Waals surface area contributed by atoms with Gasteiger partial charge < -0.3 is 15.0 Å². The van der Waals surface area contributed by atoms with Gasteiger partial charge in [0.1, 0.15) is 5.02 Å². The highest BCUT2D eigenvalue weighted by Gasteiger charge is 2.32. The first-order valence-corrected chi connectivity index (χ1v) is 12.2. The quantitative estimate of drug-likeness (QED) is 0.233. The number of nitro benzene ring substituents is 1. The Kier molecular flexibility index (Phi) is 7.88. The number of aromatic nitrogens is 1. The van der Waals surface area contributed by atoms with Gasteiger partial charge in [-0.3, -0.25) is 14.9 Å². The molecule has 0 saturated carbocycles. The van der Waals surface area contributed by atoms with Gasteiger partial charge in [0, 0.05) is 41.6 Å². The fourth-order valence-corrected chi connectivity index (χ4v) is 4.45. The van der Waals surface area contributed by atoms with Crippen molar-refractivity contribution in [3.8, 4) is 11.6 Å². The number of piperidine rings is 1. The van der Waals surface area contributed by atoms with Gasteiger partial charge in [-0.05, 0) is 65.5 Å². The number of pyridine rings is 1. The van der Waals surface area contributed by atoms with Gasteiger partial charge in [0.2, 0.25) is 5.88 Å². The third kappa shape index (κ3) is 6.31. The van der Waals surface area contributed by atoms with Crippen molar-refractivity contribution in [3.63, 3.8) is 0 Å². The number of nitrogens with one attached hydrogen (secondary N) is 1. The third-order valence-electron chi connectivity index (χ3n) is 5.66. The van der Waals surface area contributed by atoms with Crippen LogP contribution < -0.4 is 15.0 Å². The molecule has 4 rings (SSSR count). The van der Waals surface area contributed by atoms with Gasteiger partial charge in [-0.25, -0.2) is 4.98 Å². The van der Waals surface area contributed by atoms with Crippen LogP contribution in [-0.2, 0) is 6.18 Å². The number of nitro groups is 1. The predicted molar refractivity (Wildman–Crippen MR) is 136 cm³/mol. The van der Waals surface area contributed by atoms with Crippen molar-refractivity contribution >= 4 is 50.5 Å². The number of alkyl halides is 3. The number of benzene rings is 2. The van der Waals surface area contributed by atoms with Crippen LogP contribution in [0.3, 0.4) is 0 Å². The first kappa shape index (κ1) is 26.7. The van der Waals surface area contributed by atoms with Crippen LogP contribution in [0.25, 0.3) is 0 Å². The average Bonchev–Trinajstić information content (AvgIpc) is 2.86. The molecule has 194 valence electrons. The average molecular weight is 600 g/mol. The summed E-state index contributed by atoms with van der Waals surface area (Å²) in [6, 6.07) is 9.38. The maximum absolute atomic E-state index is 13.0. The van der Waals surface area contributed by atoms with Crippen LogP contribution in [0, 0.1) is 10.1 Å². The van der Waals surface area contributed by atoms with Crippen LogP contribution in [0.2, 0.25) is 5.02 Å². The number of rotatable bonds is 6. The van der Waals surface area contributed by atoms with E-state index in [1.165, 1.54) is 18.2 Å². The molecule has 3 aromatic rings. The first-order valence-electron chi connectivity index (χ1n) is 11.1. The van der Waals surface area contributed by atoms with Crippen LogP contribution in [0.1, 0.15) is 35.2 Å². The third-order valence-corrected chi connectivity index (χ3v) is 6.62. The number of hydrogen-bond donors (Lipinski definition) is 1. The van der Waals surface area contributed by atoms with Gasteiger partial charge in [0.05, 0.1) is 21.7 Å². The normalized spacial score (nSPS) is 13.8. The minimum Gasteiger partial charge on any atom is -0.435 e. The predicted octanol–water partition coefficient (Wildman–Crippen LogP) is 7.46. The van der Waals surface area contributed by atoms with E-state index in [1.807, 2.05) is 4.90 Å². The highest BCUT2D eigenvalue weighted by atomic mass is 79.9. The fraction of sp³-hybridized carbons (Fsp3) is 0.250. The number of halogens is 5. The largest absolute Gasteiger partial charge is 0.435 e. The van der Waals surface area contributed by atoms with E-state index < -0.39 is 22.6 Å². The minimum atomic E-state index is -4.60. The minimum absolute atomic E-state index is 0.0785. The lowest BCUT2D eigenvalue weighted by atomic mass is 10.1.